The minimum Gasteiger partial charge on any atom is -0.464 e. The van der Waals surface area contributed by atoms with Gasteiger partial charge in [-0.3, -0.25) is 14.5 Å². The molecule has 2 aromatic carbocycles. The van der Waals surface area contributed by atoms with Crippen LogP contribution in [0.4, 0.5) is 0 Å². The molecule has 1 aromatic heterocycles. The predicted molar refractivity (Wildman–Crippen MR) is 143 cm³/mol. The second kappa shape index (κ2) is 13.4. The molecule has 2 amide bonds. The number of hydrogen-bond acceptors (Lipinski definition) is 5. The highest BCUT2D eigenvalue weighted by atomic mass is 35.5. The van der Waals surface area contributed by atoms with E-state index in [0.717, 1.165) is 50.6 Å². The zero-order valence-electron chi connectivity index (χ0n) is 21.3. The lowest BCUT2D eigenvalue weighted by Gasteiger charge is -2.30. The second-order valence-corrected chi connectivity index (χ2v) is 9.67. The van der Waals surface area contributed by atoms with Gasteiger partial charge in [-0.05, 0) is 43.2 Å². The molecule has 0 unspecified atom stereocenters. The number of aryl methyl sites for hydroxylation is 1. The number of morpholine rings is 1. The van der Waals surface area contributed by atoms with E-state index in [2.05, 4.69) is 4.90 Å². The smallest absolute Gasteiger partial charge is 0.255 e. The van der Waals surface area contributed by atoms with Crippen LogP contribution in [0.5, 0.6) is 0 Å². The summed E-state index contributed by atoms with van der Waals surface area (Å²) < 4.78 is 11.2. The third kappa shape index (κ3) is 7.92. The van der Waals surface area contributed by atoms with Crippen LogP contribution in [0.3, 0.4) is 0 Å². The SMILES string of the molecule is Cc1ccc(CN(Cc2ccccc2)C(=O)CN(CCCN2CCOCC2)C(=O)c2ccccc2Cl)o1. The maximum Gasteiger partial charge on any atom is 0.255 e. The molecule has 0 aliphatic carbocycles. The van der Waals surface area contributed by atoms with Crippen LogP contribution in [-0.4, -0.2) is 72.5 Å². The summed E-state index contributed by atoms with van der Waals surface area (Å²) >= 11 is 6.36. The molecule has 1 fully saturated rings. The van der Waals surface area contributed by atoms with Gasteiger partial charge in [0.25, 0.3) is 5.91 Å². The molecule has 8 heteroatoms. The Balaban J connectivity index is 1.50. The molecule has 1 aliphatic heterocycles. The number of carbonyl (C=O) groups is 2. The second-order valence-electron chi connectivity index (χ2n) is 9.26. The van der Waals surface area contributed by atoms with E-state index in [1.807, 2.05) is 49.4 Å². The number of hydrogen-bond donors (Lipinski definition) is 0. The average Bonchev–Trinajstić information content (AvgIpc) is 3.33. The monoisotopic (exact) mass is 523 g/mol. The van der Waals surface area contributed by atoms with E-state index < -0.39 is 0 Å². The van der Waals surface area contributed by atoms with Gasteiger partial charge in [0.05, 0.1) is 30.3 Å². The van der Waals surface area contributed by atoms with Gasteiger partial charge in [-0.2, -0.15) is 0 Å². The van der Waals surface area contributed by atoms with E-state index in [0.29, 0.717) is 36.0 Å². The molecular formula is C29H34ClN3O4. The van der Waals surface area contributed by atoms with Gasteiger partial charge in [-0.1, -0.05) is 54.1 Å². The van der Waals surface area contributed by atoms with Gasteiger partial charge in [0.15, 0.2) is 0 Å². The largest absolute Gasteiger partial charge is 0.464 e. The van der Waals surface area contributed by atoms with Gasteiger partial charge in [0, 0.05) is 32.7 Å². The van der Waals surface area contributed by atoms with Crippen molar-refractivity contribution in [1.29, 1.82) is 0 Å². The topological polar surface area (TPSA) is 66.2 Å². The molecule has 0 atom stereocenters. The Morgan fingerprint density at radius 1 is 0.919 bits per heavy atom. The van der Waals surface area contributed by atoms with Crippen molar-refractivity contribution in [2.24, 2.45) is 0 Å². The van der Waals surface area contributed by atoms with E-state index in [4.69, 9.17) is 20.8 Å². The molecule has 1 saturated heterocycles. The summed E-state index contributed by atoms with van der Waals surface area (Å²) in [7, 11) is 0. The van der Waals surface area contributed by atoms with Crippen LogP contribution in [0.2, 0.25) is 5.02 Å². The molecule has 0 N–H and O–H groups in total. The zero-order chi connectivity index (χ0) is 26.0. The third-order valence-corrected chi connectivity index (χ3v) is 6.76. The van der Waals surface area contributed by atoms with Gasteiger partial charge >= 0.3 is 0 Å². The third-order valence-electron chi connectivity index (χ3n) is 6.44. The summed E-state index contributed by atoms with van der Waals surface area (Å²) in [5, 5.41) is 0.380. The standard InChI is InChI=1S/C29H34ClN3O4/c1-23-12-13-25(37-23)21-33(20-24-8-3-2-4-9-24)28(34)22-32(15-7-14-31-16-18-36-19-17-31)29(35)26-10-5-6-11-27(26)30/h2-6,8-13H,7,14-22H2,1H3. The predicted octanol–water partition coefficient (Wildman–Crippen LogP) is 4.63. The van der Waals surface area contributed by atoms with Gasteiger partial charge in [0.2, 0.25) is 5.91 Å². The van der Waals surface area contributed by atoms with Crippen LogP contribution in [0.15, 0.2) is 71.1 Å². The molecule has 3 aromatic rings. The lowest BCUT2D eigenvalue weighted by molar-refractivity contribution is -0.133. The van der Waals surface area contributed by atoms with Gasteiger partial charge in [0.1, 0.15) is 18.1 Å². The van der Waals surface area contributed by atoms with Crippen LogP contribution in [0.1, 0.15) is 33.9 Å². The van der Waals surface area contributed by atoms with Crippen molar-refractivity contribution in [1.82, 2.24) is 14.7 Å². The molecule has 2 heterocycles. The highest BCUT2D eigenvalue weighted by Crippen LogP contribution is 2.19. The molecule has 1 aliphatic rings. The van der Waals surface area contributed by atoms with Gasteiger partial charge in [-0.25, -0.2) is 0 Å². The van der Waals surface area contributed by atoms with Crippen molar-refractivity contribution in [3.63, 3.8) is 0 Å². The van der Waals surface area contributed by atoms with Crippen LogP contribution >= 0.6 is 11.6 Å². The van der Waals surface area contributed by atoms with Crippen LogP contribution in [-0.2, 0) is 22.6 Å². The number of nitrogens with zero attached hydrogens (tertiary/aromatic N) is 3. The number of rotatable bonds is 11. The maximum atomic E-state index is 13.7. The van der Waals surface area contributed by atoms with Gasteiger partial charge in [-0.15, -0.1) is 0 Å². The molecular weight excluding hydrogens is 490 g/mol. The van der Waals surface area contributed by atoms with Crippen LogP contribution in [0, 0.1) is 6.92 Å². The number of furan rings is 1. The van der Waals surface area contributed by atoms with Crippen molar-refractivity contribution in [2.75, 3.05) is 45.9 Å². The average molecular weight is 524 g/mol. The highest BCUT2D eigenvalue weighted by molar-refractivity contribution is 6.33. The van der Waals surface area contributed by atoms with E-state index in [1.165, 1.54) is 0 Å². The Morgan fingerprint density at radius 3 is 2.35 bits per heavy atom. The summed E-state index contributed by atoms with van der Waals surface area (Å²) in [6, 6.07) is 20.6. The zero-order valence-corrected chi connectivity index (χ0v) is 22.0. The first-order valence-electron chi connectivity index (χ1n) is 12.7. The van der Waals surface area contributed by atoms with Crippen LogP contribution < -0.4 is 0 Å². The Hall–Kier alpha value is -3.13. The van der Waals surface area contributed by atoms with Crippen molar-refractivity contribution in [3.05, 3.63) is 94.4 Å². The summed E-state index contributed by atoms with van der Waals surface area (Å²) in [6.45, 7) is 7.07. The fourth-order valence-corrected chi connectivity index (χ4v) is 4.64. The fraction of sp³-hybridized carbons (Fsp3) is 0.379. The molecule has 0 bridgehead atoms. The van der Waals surface area contributed by atoms with Crippen molar-refractivity contribution >= 4 is 23.4 Å². The van der Waals surface area contributed by atoms with E-state index >= 15 is 0 Å². The van der Waals surface area contributed by atoms with Crippen molar-refractivity contribution < 1.29 is 18.7 Å². The normalized spacial score (nSPS) is 13.9. The lowest BCUT2D eigenvalue weighted by atomic mass is 10.1. The molecule has 7 nitrogen and oxygen atoms in total. The number of carbonyl (C=O) groups excluding carboxylic acids is 2. The Labute approximate surface area is 223 Å². The first-order valence-corrected chi connectivity index (χ1v) is 13.1. The van der Waals surface area contributed by atoms with Crippen molar-refractivity contribution in [3.8, 4) is 0 Å². The van der Waals surface area contributed by atoms with Crippen LogP contribution in [0.25, 0.3) is 0 Å². The van der Waals surface area contributed by atoms with Crippen molar-refractivity contribution in [2.45, 2.75) is 26.4 Å². The Morgan fingerprint density at radius 2 is 1.65 bits per heavy atom. The fourth-order valence-electron chi connectivity index (χ4n) is 4.42. The number of ether oxygens (including phenoxy) is 1. The molecule has 0 radical (unpaired) electrons. The summed E-state index contributed by atoms with van der Waals surface area (Å²) in [6.07, 6.45) is 0.750. The Bertz CT molecular complexity index is 1160. The molecule has 0 saturated carbocycles. The Kier molecular flexibility index (Phi) is 9.77. The highest BCUT2D eigenvalue weighted by Gasteiger charge is 2.25. The van der Waals surface area contributed by atoms with E-state index in [9.17, 15) is 9.59 Å². The van der Waals surface area contributed by atoms with E-state index in [1.54, 1.807) is 34.1 Å². The molecule has 37 heavy (non-hydrogen) atoms. The van der Waals surface area contributed by atoms with E-state index in [-0.39, 0.29) is 18.4 Å². The van der Waals surface area contributed by atoms with Gasteiger partial charge < -0.3 is 19.0 Å². The molecule has 4 rings (SSSR count). The summed E-state index contributed by atoms with van der Waals surface area (Å²) in [4.78, 5) is 32.9. The number of halogens is 1. The molecule has 196 valence electrons. The maximum absolute atomic E-state index is 13.7. The quantitative estimate of drug-likeness (QED) is 0.366. The minimum atomic E-state index is -0.241. The minimum absolute atomic E-state index is 0.0420. The molecule has 0 spiro atoms. The first-order chi connectivity index (χ1) is 18.0. The first kappa shape index (κ1) is 26.9. The number of amides is 2. The summed E-state index contributed by atoms with van der Waals surface area (Å²) in [5.74, 6) is 1.11. The summed E-state index contributed by atoms with van der Waals surface area (Å²) in [5.41, 5.74) is 1.41. The number of benzene rings is 2. The lowest BCUT2D eigenvalue weighted by Crippen LogP contribution is -2.44.